The van der Waals surface area contributed by atoms with Crippen LogP contribution < -0.4 is 9.44 Å². The standard InChI is InChI=1S/C18H21N5O2S/c24-26(25,21-13-16-7-3-1-4-8-16)22-18(17-9-5-2-6-10-17)11-12-23-15-19-14-20-23/h1-10,14-15,18,21-22H,11-13H2/t18-/m1/s1. The van der Waals surface area contributed by atoms with Crippen LogP contribution in [0.1, 0.15) is 23.6 Å². The summed E-state index contributed by atoms with van der Waals surface area (Å²) < 4.78 is 32.0. The van der Waals surface area contributed by atoms with Gasteiger partial charge in [-0.25, -0.2) is 4.98 Å². The van der Waals surface area contributed by atoms with Gasteiger partial charge in [-0.1, -0.05) is 60.7 Å². The van der Waals surface area contributed by atoms with Crippen molar-refractivity contribution in [3.05, 3.63) is 84.4 Å². The first kappa shape index (κ1) is 18.2. The molecule has 0 spiro atoms. The summed E-state index contributed by atoms with van der Waals surface area (Å²) in [6.07, 6.45) is 3.63. The highest BCUT2D eigenvalue weighted by Gasteiger charge is 2.19. The third-order valence-corrected chi connectivity index (χ3v) is 5.04. The first-order valence-corrected chi connectivity index (χ1v) is 9.79. The average molecular weight is 371 g/mol. The van der Waals surface area contributed by atoms with Crippen molar-refractivity contribution in [2.24, 2.45) is 0 Å². The van der Waals surface area contributed by atoms with E-state index in [1.165, 1.54) is 6.33 Å². The molecule has 0 saturated carbocycles. The number of benzene rings is 2. The zero-order chi connectivity index (χ0) is 18.2. The first-order chi connectivity index (χ1) is 12.6. The summed E-state index contributed by atoms with van der Waals surface area (Å²) in [5, 5.41) is 4.07. The minimum atomic E-state index is -3.66. The monoisotopic (exact) mass is 371 g/mol. The lowest BCUT2D eigenvalue weighted by molar-refractivity contribution is 0.481. The molecule has 1 aromatic heterocycles. The van der Waals surface area contributed by atoms with Gasteiger partial charge in [-0.15, -0.1) is 0 Å². The second-order valence-electron chi connectivity index (χ2n) is 5.84. The van der Waals surface area contributed by atoms with E-state index in [2.05, 4.69) is 19.5 Å². The molecule has 3 aromatic rings. The third kappa shape index (κ3) is 5.48. The molecule has 7 nitrogen and oxygen atoms in total. The van der Waals surface area contributed by atoms with Gasteiger partial charge in [0.2, 0.25) is 0 Å². The maximum absolute atomic E-state index is 12.5. The molecule has 3 rings (SSSR count). The molecule has 1 heterocycles. The second-order valence-corrected chi connectivity index (χ2v) is 7.37. The van der Waals surface area contributed by atoms with Gasteiger partial charge in [-0.05, 0) is 17.5 Å². The van der Waals surface area contributed by atoms with Gasteiger partial charge >= 0.3 is 0 Å². The highest BCUT2D eigenvalue weighted by atomic mass is 32.2. The van der Waals surface area contributed by atoms with E-state index in [1.54, 1.807) is 11.0 Å². The van der Waals surface area contributed by atoms with Gasteiger partial charge in [0.25, 0.3) is 10.2 Å². The number of rotatable bonds is 9. The van der Waals surface area contributed by atoms with Gasteiger partial charge in [-0.3, -0.25) is 4.68 Å². The third-order valence-electron chi connectivity index (χ3n) is 3.92. The molecule has 2 N–H and O–H groups in total. The smallest absolute Gasteiger partial charge is 0.253 e. The number of aryl methyl sites for hydroxylation is 1. The summed E-state index contributed by atoms with van der Waals surface area (Å²) in [6, 6.07) is 18.5. The number of aromatic nitrogens is 3. The quantitative estimate of drug-likeness (QED) is 0.602. The second kappa shape index (κ2) is 8.70. The van der Waals surface area contributed by atoms with Crippen molar-refractivity contribution in [3.8, 4) is 0 Å². The Labute approximate surface area is 153 Å². The fourth-order valence-corrected chi connectivity index (χ4v) is 3.66. The predicted octanol–water partition coefficient (Wildman–Crippen LogP) is 2.03. The summed E-state index contributed by atoms with van der Waals surface area (Å²) in [5.41, 5.74) is 1.80. The summed E-state index contributed by atoms with van der Waals surface area (Å²) >= 11 is 0. The van der Waals surface area contributed by atoms with Crippen molar-refractivity contribution in [1.82, 2.24) is 24.2 Å². The van der Waals surface area contributed by atoms with E-state index in [4.69, 9.17) is 0 Å². The van der Waals surface area contributed by atoms with Crippen molar-refractivity contribution in [2.45, 2.75) is 25.6 Å². The minimum Gasteiger partial charge on any atom is -0.253 e. The number of nitrogens with zero attached hydrogens (tertiary/aromatic N) is 3. The normalized spacial score (nSPS) is 12.8. The lowest BCUT2D eigenvalue weighted by Crippen LogP contribution is -2.38. The molecular weight excluding hydrogens is 350 g/mol. The number of hydrogen-bond acceptors (Lipinski definition) is 4. The zero-order valence-electron chi connectivity index (χ0n) is 14.2. The van der Waals surface area contributed by atoms with E-state index in [0.717, 1.165) is 11.1 Å². The maximum atomic E-state index is 12.5. The molecule has 0 radical (unpaired) electrons. The van der Waals surface area contributed by atoms with Crippen LogP contribution in [0.15, 0.2) is 73.3 Å². The van der Waals surface area contributed by atoms with Crippen molar-refractivity contribution in [1.29, 1.82) is 0 Å². The average Bonchev–Trinajstić information content (AvgIpc) is 3.19. The van der Waals surface area contributed by atoms with Gasteiger partial charge < -0.3 is 0 Å². The molecule has 26 heavy (non-hydrogen) atoms. The molecule has 136 valence electrons. The molecule has 1 atom stereocenters. The van der Waals surface area contributed by atoms with Crippen LogP contribution in [0.4, 0.5) is 0 Å². The van der Waals surface area contributed by atoms with Gasteiger partial charge in [-0.2, -0.15) is 23.0 Å². The Morgan fingerprint density at radius 1 is 1.00 bits per heavy atom. The van der Waals surface area contributed by atoms with Gasteiger partial charge in [0.1, 0.15) is 12.7 Å². The molecule has 8 heteroatoms. The Morgan fingerprint density at radius 3 is 2.35 bits per heavy atom. The van der Waals surface area contributed by atoms with Crippen LogP contribution in [-0.2, 0) is 23.3 Å². The molecule has 0 aliphatic rings. The van der Waals surface area contributed by atoms with E-state index in [1.807, 2.05) is 60.7 Å². The molecule has 0 bridgehead atoms. The number of hydrogen-bond donors (Lipinski definition) is 2. The number of nitrogens with one attached hydrogen (secondary N) is 2. The maximum Gasteiger partial charge on any atom is 0.277 e. The molecule has 0 amide bonds. The van der Waals surface area contributed by atoms with Crippen molar-refractivity contribution in [3.63, 3.8) is 0 Å². The van der Waals surface area contributed by atoms with E-state index in [0.29, 0.717) is 13.0 Å². The van der Waals surface area contributed by atoms with Gasteiger partial charge in [0.15, 0.2) is 0 Å². The van der Waals surface area contributed by atoms with Crippen LogP contribution in [0.5, 0.6) is 0 Å². The Kier molecular flexibility index (Phi) is 6.11. The van der Waals surface area contributed by atoms with Crippen molar-refractivity contribution >= 4 is 10.2 Å². The summed E-state index contributed by atoms with van der Waals surface area (Å²) in [6.45, 7) is 0.793. The van der Waals surface area contributed by atoms with Crippen LogP contribution in [0.2, 0.25) is 0 Å². The van der Waals surface area contributed by atoms with E-state index in [-0.39, 0.29) is 12.6 Å². The van der Waals surface area contributed by atoms with Gasteiger partial charge in [0.05, 0.1) is 0 Å². The summed E-state index contributed by atoms with van der Waals surface area (Å²) in [7, 11) is -3.66. The summed E-state index contributed by atoms with van der Waals surface area (Å²) in [4.78, 5) is 3.91. The van der Waals surface area contributed by atoms with E-state index < -0.39 is 10.2 Å². The van der Waals surface area contributed by atoms with Crippen molar-refractivity contribution in [2.75, 3.05) is 0 Å². The Morgan fingerprint density at radius 2 is 1.69 bits per heavy atom. The fourth-order valence-electron chi connectivity index (χ4n) is 2.59. The molecular formula is C18H21N5O2S. The Balaban J connectivity index is 1.67. The molecule has 0 saturated heterocycles. The summed E-state index contributed by atoms with van der Waals surface area (Å²) in [5.74, 6) is 0. The SMILES string of the molecule is O=S(=O)(NCc1ccccc1)N[C@H](CCn1cncn1)c1ccccc1. The Bertz CT molecular complexity index is 884. The van der Waals surface area contributed by atoms with Gasteiger partial charge in [0, 0.05) is 19.1 Å². The first-order valence-electron chi connectivity index (χ1n) is 8.30. The highest BCUT2D eigenvalue weighted by molar-refractivity contribution is 7.87. The van der Waals surface area contributed by atoms with Crippen LogP contribution in [0.3, 0.4) is 0 Å². The van der Waals surface area contributed by atoms with Crippen molar-refractivity contribution < 1.29 is 8.42 Å². The largest absolute Gasteiger partial charge is 0.277 e. The van der Waals surface area contributed by atoms with E-state index in [9.17, 15) is 8.42 Å². The lowest BCUT2D eigenvalue weighted by Gasteiger charge is -2.19. The molecule has 0 aliphatic heterocycles. The zero-order valence-corrected chi connectivity index (χ0v) is 15.0. The fraction of sp³-hybridized carbons (Fsp3) is 0.222. The van der Waals surface area contributed by atoms with E-state index >= 15 is 0 Å². The molecule has 0 aliphatic carbocycles. The molecule has 0 unspecified atom stereocenters. The predicted molar refractivity (Wildman–Crippen MR) is 99.2 cm³/mol. The topological polar surface area (TPSA) is 88.9 Å². The van der Waals surface area contributed by atoms with Crippen LogP contribution in [0, 0.1) is 0 Å². The van der Waals surface area contributed by atoms with Crippen LogP contribution in [-0.4, -0.2) is 23.2 Å². The Hall–Kier alpha value is -2.55. The minimum absolute atomic E-state index is 0.237. The molecule has 2 aromatic carbocycles. The highest BCUT2D eigenvalue weighted by Crippen LogP contribution is 2.18. The van der Waals surface area contributed by atoms with Crippen LogP contribution >= 0.6 is 0 Å². The van der Waals surface area contributed by atoms with Crippen LogP contribution in [0.25, 0.3) is 0 Å². The lowest BCUT2D eigenvalue weighted by atomic mass is 10.1. The molecule has 0 fully saturated rings.